The fourth-order valence-electron chi connectivity index (χ4n) is 4.13. The lowest BCUT2D eigenvalue weighted by Crippen LogP contribution is -2.35. The predicted octanol–water partition coefficient (Wildman–Crippen LogP) is 4.83. The van der Waals surface area contributed by atoms with Crippen molar-refractivity contribution in [2.24, 2.45) is 0 Å². The number of aryl methyl sites for hydroxylation is 2. The highest BCUT2D eigenvalue weighted by molar-refractivity contribution is 6.30. The van der Waals surface area contributed by atoms with Crippen LogP contribution in [0.25, 0.3) is 5.57 Å². The van der Waals surface area contributed by atoms with Gasteiger partial charge in [0.05, 0.1) is 5.69 Å². The first-order valence-electron chi connectivity index (χ1n) is 9.54. The van der Waals surface area contributed by atoms with E-state index in [-0.39, 0.29) is 5.91 Å². The van der Waals surface area contributed by atoms with Gasteiger partial charge in [0.2, 0.25) is 5.91 Å². The van der Waals surface area contributed by atoms with Gasteiger partial charge in [-0.2, -0.15) is 0 Å². The van der Waals surface area contributed by atoms with Crippen LogP contribution < -0.4 is 0 Å². The molecule has 2 aliphatic rings. The molecular formula is C23H23ClN2O. The van der Waals surface area contributed by atoms with E-state index >= 15 is 0 Å². The van der Waals surface area contributed by atoms with Crippen LogP contribution in [0.3, 0.4) is 0 Å². The van der Waals surface area contributed by atoms with Gasteiger partial charge in [0.1, 0.15) is 0 Å². The van der Waals surface area contributed by atoms with Crippen molar-refractivity contribution in [3.63, 3.8) is 0 Å². The summed E-state index contributed by atoms with van der Waals surface area (Å²) in [4.78, 5) is 18.9. The highest BCUT2D eigenvalue weighted by Gasteiger charge is 2.25. The molecule has 0 atom stereocenters. The Hall–Kier alpha value is -2.39. The third-order valence-electron chi connectivity index (χ3n) is 5.47. The Bertz CT molecular complexity index is 935. The van der Waals surface area contributed by atoms with Gasteiger partial charge in [-0.1, -0.05) is 35.4 Å². The number of hydrogen-bond acceptors (Lipinski definition) is 2. The Kier molecular flexibility index (Phi) is 5.13. The largest absolute Gasteiger partial charge is 0.339 e. The minimum atomic E-state index is 0.105. The van der Waals surface area contributed by atoms with Crippen LogP contribution in [0.2, 0.25) is 5.02 Å². The quantitative estimate of drug-likeness (QED) is 0.665. The van der Waals surface area contributed by atoms with Crippen molar-refractivity contribution in [2.75, 3.05) is 13.1 Å². The molecule has 0 saturated carbocycles. The standard InChI is InChI=1S/C23H23ClN2O/c1-2-4-21(27)26-13-10-16(11-14-26)22-20-9-8-19(24)15-18(20)7-6-17-5-3-12-25-23(17)22/h2-5,8-9,12,15H,6-7,10-11,13-14H2,1H3/b4-2+. The van der Waals surface area contributed by atoms with E-state index in [0.29, 0.717) is 0 Å². The van der Waals surface area contributed by atoms with Crippen molar-refractivity contribution in [1.82, 2.24) is 9.88 Å². The van der Waals surface area contributed by atoms with Crippen molar-refractivity contribution < 1.29 is 4.79 Å². The molecule has 0 spiro atoms. The molecule has 138 valence electrons. The first kappa shape index (κ1) is 18.0. The molecule has 1 saturated heterocycles. The number of hydrogen-bond donors (Lipinski definition) is 0. The Morgan fingerprint density at radius 1 is 1.11 bits per heavy atom. The molecule has 27 heavy (non-hydrogen) atoms. The normalized spacial score (nSPS) is 16.9. The fourth-order valence-corrected chi connectivity index (χ4v) is 4.32. The van der Waals surface area contributed by atoms with Crippen LogP contribution in [0, 0.1) is 0 Å². The van der Waals surface area contributed by atoms with Gasteiger partial charge in [0, 0.05) is 29.9 Å². The van der Waals surface area contributed by atoms with E-state index in [1.807, 2.05) is 36.2 Å². The van der Waals surface area contributed by atoms with Gasteiger partial charge in [0.15, 0.2) is 0 Å². The molecule has 0 unspecified atom stereocenters. The maximum absolute atomic E-state index is 12.2. The second kappa shape index (κ2) is 7.69. The third kappa shape index (κ3) is 3.57. The number of nitrogens with zero attached hydrogens (tertiary/aromatic N) is 2. The second-order valence-electron chi connectivity index (χ2n) is 7.12. The number of likely N-dealkylation sites (tertiary alicyclic amines) is 1. The lowest BCUT2D eigenvalue weighted by Gasteiger charge is -2.29. The summed E-state index contributed by atoms with van der Waals surface area (Å²) in [5.41, 5.74) is 7.58. The lowest BCUT2D eigenvalue weighted by atomic mass is 9.88. The Labute approximate surface area is 165 Å². The summed E-state index contributed by atoms with van der Waals surface area (Å²) in [6.45, 7) is 3.39. The van der Waals surface area contributed by atoms with E-state index in [1.165, 1.54) is 27.8 Å². The van der Waals surface area contributed by atoms with Crippen LogP contribution in [-0.4, -0.2) is 28.9 Å². The number of allylic oxidation sites excluding steroid dienone is 1. The van der Waals surface area contributed by atoms with Gasteiger partial charge in [-0.05, 0) is 73.6 Å². The number of piperidine rings is 1. The smallest absolute Gasteiger partial charge is 0.246 e. The molecule has 2 heterocycles. The average molecular weight is 379 g/mol. The molecule has 0 bridgehead atoms. The molecule has 2 aromatic rings. The predicted molar refractivity (Wildman–Crippen MR) is 110 cm³/mol. The highest BCUT2D eigenvalue weighted by atomic mass is 35.5. The molecular weight excluding hydrogens is 356 g/mol. The fraction of sp³-hybridized carbons (Fsp3) is 0.304. The van der Waals surface area contributed by atoms with Crippen molar-refractivity contribution in [2.45, 2.75) is 32.6 Å². The molecule has 1 fully saturated rings. The van der Waals surface area contributed by atoms with Crippen LogP contribution in [0.15, 0.2) is 54.3 Å². The topological polar surface area (TPSA) is 33.2 Å². The zero-order valence-corrected chi connectivity index (χ0v) is 16.3. The number of aromatic nitrogens is 1. The molecule has 1 aliphatic carbocycles. The summed E-state index contributed by atoms with van der Waals surface area (Å²) in [6.07, 6.45) is 9.05. The summed E-state index contributed by atoms with van der Waals surface area (Å²) in [5.74, 6) is 0.105. The Balaban J connectivity index is 1.78. The lowest BCUT2D eigenvalue weighted by molar-refractivity contribution is -0.126. The SMILES string of the molecule is C/C=C/C(=O)N1CCC(=C2c3ccc(Cl)cc3CCc3cccnc32)CC1. The molecule has 1 aromatic carbocycles. The maximum Gasteiger partial charge on any atom is 0.246 e. The molecule has 1 amide bonds. The van der Waals surface area contributed by atoms with Gasteiger partial charge < -0.3 is 4.90 Å². The minimum absolute atomic E-state index is 0.105. The third-order valence-corrected chi connectivity index (χ3v) is 5.70. The first-order valence-corrected chi connectivity index (χ1v) is 9.92. The zero-order chi connectivity index (χ0) is 18.8. The van der Waals surface area contributed by atoms with Crippen LogP contribution in [0.1, 0.15) is 42.1 Å². The number of amides is 1. The molecule has 4 rings (SSSR count). The van der Waals surface area contributed by atoms with E-state index in [9.17, 15) is 4.79 Å². The summed E-state index contributed by atoms with van der Waals surface area (Å²) in [7, 11) is 0. The van der Waals surface area contributed by atoms with E-state index in [0.717, 1.165) is 49.5 Å². The van der Waals surface area contributed by atoms with Gasteiger partial charge in [-0.15, -0.1) is 0 Å². The number of rotatable bonds is 1. The molecule has 3 nitrogen and oxygen atoms in total. The van der Waals surface area contributed by atoms with Crippen LogP contribution in [0.4, 0.5) is 0 Å². The monoisotopic (exact) mass is 378 g/mol. The molecule has 1 aliphatic heterocycles. The summed E-state index contributed by atoms with van der Waals surface area (Å²) >= 11 is 6.28. The molecule has 4 heteroatoms. The number of pyridine rings is 1. The van der Waals surface area contributed by atoms with E-state index < -0.39 is 0 Å². The van der Waals surface area contributed by atoms with E-state index in [4.69, 9.17) is 16.6 Å². The maximum atomic E-state index is 12.2. The van der Waals surface area contributed by atoms with Crippen LogP contribution >= 0.6 is 11.6 Å². The number of benzene rings is 1. The minimum Gasteiger partial charge on any atom is -0.339 e. The van der Waals surface area contributed by atoms with Crippen molar-refractivity contribution >= 4 is 23.1 Å². The van der Waals surface area contributed by atoms with Gasteiger partial charge >= 0.3 is 0 Å². The van der Waals surface area contributed by atoms with Gasteiger partial charge in [-0.25, -0.2) is 0 Å². The second-order valence-corrected chi connectivity index (χ2v) is 7.55. The Morgan fingerprint density at radius 3 is 2.67 bits per heavy atom. The number of fused-ring (bicyclic) bond motifs is 2. The molecule has 1 aromatic heterocycles. The van der Waals surface area contributed by atoms with Crippen molar-refractivity contribution in [3.05, 3.63) is 81.7 Å². The molecule has 0 radical (unpaired) electrons. The zero-order valence-electron chi connectivity index (χ0n) is 15.5. The summed E-state index contributed by atoms with van der Waals surface area (Å²) in [5, 5.41) is 0.781. The van der Waals surface area contributed by atoms with Crippen molar-refractivity contribution in [1.29, 1.82) is 0 Å². The highest BCUT2D eigenvalue weighted by Crippen LogP contribution is 2.38. The van der Waals surface area contributed by atoms with E-state index in [2.05, 4.69) is 18.2 Å². The Morgan fingerprint density at radius 2 is 1.89 bits per heavy atom. The van der Waals surface area contributed by atoms with Crippen molar-refractivity contribution in [3.8, 4) is 0 Å². The van der Waals surface area contributed by atoms with Crippen LogP contribution in [0.5, 0.6) is 0 Å². The summed E-state index contributed by atoms with van der Waals surface area (Å²) < 4.78 is 0. The molecule has 0 N–H and O–H groups in total. The van der Waals surface area contributed by atoms with Gasteiger partial charge in [0.25, 0.3) is 0 Å². The number of carbonyl (C=O) groups excluding carboxylic acids is 1. The van der Waals surface area contributed by atoms with Crippen LogP contribution in [-0.2, 0) is 17.6 Å². The van der Waals surface area contributed by atoms with E-state index in [1.54, 1.807) is 6.08 Å². The summed E-state index contributed by atoms with van der Waals surface area (Å²) in [6, 6.07) is 10.4. The number of halogens is 1. The number of carbonyl (C=O) groups is 1. The van der Waals surface area contributed by atoms with Gasteiger partial charge in [-0.3, -0.25) is 9.78 Å². The average Bonchev–Trinajstić information content (AvgIpc) is 2.85. The first-order chi connectivity index (χ1) is 13.2.